The van der Waals surface area contributed by atoms with Crippen LogP contribution in [0.25, 0.3) is 0 Å². The van der Waals surface area contributed by atoms with Crippen LogP contribution in [0.3, 0.4) is 0 Å². The van der Waals surface area contributed by atoms with E-state index in [1.807, 2.05) is 12.1 Å². The van der Waals surface area contributed by atoms with Gasteiger partial charge in [0, 0.05) is 12.1 Å². The van der Waals surface area contributed by atoms with E-state index in [0.29, 0.717) is 28.8 Å². The van der Waals surface area contributed by atoms with Gasteiger partial charge in [-0.2, -0.15) is 0 Å². The molecule has 0 radical (unpaired) electrons. The van der Waals surface area contributed by atoms with Gasteiger partial charge in [0.2, 0.25) is 5.91 Å². The van der Waals surface area contributed by atoms with Crippen LogP contribution in [0, 0.1) is 0 Å². The van der Waals surface area contributed by atoms with Crippen molar-refractivity contribution in [3.8, 4) is 17.2 Å². The molecule has 1 atom stereocenters. The first-order valence-electron chi connectivity index (χ1n) is 10.1. The summed E-state index contributed by atoms with van der Waals surface area (Å²) in [4.78, 5) is 15.2. The molecule has 0 bridgehead atoms. The lowest BCUT2D eigenvalue weighted by atomic mass is 10.0. The molecule has 1 saturated heterocycles. The fourth-order valence-electron chi connectivity index (χ4n) is 3.89. The summed E-state index contributed by atoms with van der Waals surface area (Å²) in [5, 5.41) is 3.36. The fourth-order valence-corrected chi connectivity index (χ4v) is 4.13. The summed E-state index contributed by atoms with van der Waals surface area (Å²) in [6.45, 7) is 1.17. The number of nitrogens with one attached hydrogen (secondary N) is 1. The number of nitrogens with zero attached hydrogens (tertiary/aromatic N) is 1. The highest BCUT2D eigenvalue weighted by Crippen LogP contribution is 2.36. The van der Waals surface area contributed by atoms with Crippen molar-refractivity contribution in [3.05, 3.63) is 47.0 Å². The highest BCUT2D eigenvalue weighted by Gasteiger charge is 2.25. The predicted molar refractivity (Wildman–Crippen MR) is 119 cm³/mol. The molecule has 1 heterocycles. The molecule has 6 nitrogen and oxygen atoms in total. The summed E-state index contributed by atoms with van der Waals surface area (Å²) in [6, 6.07) is 11.7. The predicted octanol–water partition coefficient (Wildman–Crippen LogP) is 4.92. The average molecular weight is 433 g/mol. The van der Waals surface area contributed by atoms with Gasteiger partial charge in [0.25, 0.3) is 0 Å². The maximum Gasteiger partial charge on any atom is 0.238 e. The van der Waals surface area contributed by atoms with Gasteiger partial charge in [0.05, 0.1) is 38.6 Å². The third kappa shape index (κ3) is 5.37. The van der Waals surface area contributed by atoms with Crippen LogP contribution >= 0.6 is 11.6 Å². The fraction of sp³-hybridized carbons (Fsp3) is 0.435. The third-order valence-electron chi connectivity index (χ3n) is 5.46. The Morgan fingerprint density at radius 2 is 1.77 bits per heavy atom. The van der Waals surface area contributed by atoms with E-state index in [2.05, 4.69) is 22.3 Å². The van der Waals surface area contributed by atoms with E-state index in [0.717, 1.165) is 31.6 Å². The minimum atomic E-state index is -0.102. The van der Waals surface area contributed by atoms with Crippen LogP contribution in [0.5, 0.6) is 17.2 Å². The molecule has 0 saturated carbocycles. The van der Waals surface area contributed by atoms with Crippen molar-refractivity contribution >= 4 is 23.2 Å². The lowest BCUT2D eigenvalue weighted by Crippen LogP contribution is -2.36. The third-order valence-corrected chi connectivity index (χ3v) is 5.75. The normalized spacial score (nSPS) is 17.1. The second-order valence-corrected chi connectivity index (χ2v) is 7.75. The van der Waals surface area contributed by atoms with Gasteiger partial charge in [0.1, 0.15) is 17.2 Å². The van der Waals surface area contributed by atoms with Crippen LogP contribution in [-0.2, 0) is 4.79 Å². The number of hydrogen-bond acceptors (Lipinski definition) is 5. The van der Waals surface area contributed by atoms with Crippen LogP contribution < -0.4 is 19.5 Å². The van der Waals surface area contributed by atoms with E-state index in [4.69, 9.17) is 25.8 Å². The molecule has 0 aromatic heterocycles. The van der Waals surface area contributed by atoms with Gasteiger partial charge in [-0.25, -0.2) is 0 Å². The monoisotopic (exact) mass is 432 g/mol. The molecule has 2 aromatic carbocycles. The molecule has 1 unspecified atom stereocenters. The quantitative estimate of drug-likeness (QED) is 0.672. The second kappa shape index (κ2) is 10.5. The summed E-state index contributed by atoms with van der Waals surface area (Å²) in [6.07, 6.45) is 4.43. The average Bonchev–Trinajstić information content (AvgIpc) is 2.99. The minimum absolute atomic E-state index is 0.102. The summed E-state index contributed by atoms with van der Waals surface area (Å²) >= 11 is 6.23. The zero-order valence-corrected chi connectivity index (χ0v) is 18.5. The van der Waals surface area contributed by atoms with Gasteiger partial charge >= 0.3 is 0 Å². The minimum Gasteiger partial charge on any atom is -0.497 e. The SMILES string of the molecule is COc1ccc(C2CCCCCN2CC(=O)Nc2cc(Cl)c(OC)cc2OC)cc1. The highest BCUT2D eigenvalue weighted by atomic mass is 35.5. The number of carbonyl (C=O) groups excluding carboxylic acids is 1. The standard InChI is InChI=1S/C23H29ClN2O4/c1-28-17-10-8-16(9-11-17)20-7-5-4-6-12-26(20)15-23(27)25-19-13-18(24)21(29-2)14-22(19)30-3/h8-11,13-14,20H,4-7,12,15H2,1-3H3,(H,25,27). The number of ether oxygens (including phenoxy) is 3. The maximum atomic E-state index is 12.9. The van der Waals surface area contributed by atoms with E-state index < -0.39 is 0 Å². The van der Waals surface area contributed by atoms with Gasteiger partial charge in [-0.05, 0) is 43.1 Å². The van der Waals surface area contributed by atoms with E-state index >= 15 is 0 Å². The highest BCUT2D eigenvalue weighted by molar-refractivity contribution is 6.32. The van der Waals surface area contributed by atoms with Gasteiger partial charge in [-0.1, -0.05) is 36.6 Å². The number of carbonyl (C=O) groups is 1. The van der Waals surface area contributed by atoms with Crippen molar-refractivity contribution in [2.45, 2.75) is 31.7 Å². The molecule has 0 aliphatic carbocycles. The van der Waals surface area contributed by atoms with Gasteiger partial charge in [-0.15, -0.1) is 0 Å². The number of likely N-dealkylation sites (tertiary alicyclic amines) is 1. The van der Waals surface area contributed by atoms with Crippen molar-refractivity contribution in [1.29, 1.82) is 0 Å². The van der Waals surface area contributed by atoms with Gasteiger partial charge in [-0.3, -0.25) is 9.69 Å². The molecule has 1 amide bonds. The van der Waals surface area contributed by atoms with Crippen molar-refractivity contribution in [3.63, 3.8) is 0 Å². The lowest BCUT2D eigenvalue weighted by Gasteiger charge is -2.30. The summed E-state index contributed by atoms with van der Waals surface area (Å²) in [5.41, 5.74) is 1.74. The Labute approximate surface area is 183 Å². The molecule has 3 rings (SSSR count). The molecule has 1 aliphatic heterocycles. The van der Waals surface area contributed by atoms with Crippen LogP contribution in [0.2, 0.25) is 5.02 Å². The second-order valence-electron chi connectivity index (χ2n) is 7.34. The van der Waals surface area contributed by atoms with Crippen LogP contribution in [0.1, 0.15) is 37.3 Å². The molecule has 2 aromatic rings. The zero-order chi connectivity index (χ0) is 21.5. The molecular formula is C23H29ClN2O4. The number of amides is 1. The molecule has 1 fully saturated rings. The molecule has 162 valence electrons. The topological polar surface area (TPSA) is 60.0 Å². The van der Waals surface area contributed by atoms with Crippen molar-refractivity contribution < 1.29 is 19.0 Å². The van der Waals surface area contributed by atoms with Crippen LogP contribution in [-0.4, -0.2) is 45.2 Å². The van der Waals surface area contributed by atoms with Crippen LogP contribution in [0.15, 0.2) is 36.4 Å². The van der Waals surface area contributed by atoms with Crippen molar-refractivity contribution in [2.75, 3.05) is 39.7 Å². The first kappa shape index (κ1) is 22.2. The zero-order valence-electron chi connectivity index (χ0n) is 17.7. The van der Waals surface area contributed by atoms with E-state index in [1.165, 1.54) is 19.1 Å². The van der Waals surface area contributed by atoms with E-state index in [9.17, 15) is 4.79 Å². The molecular weight excluding hydrogens is 404 g/mol. The van der Waals surface area contributed by atoms with Gasteiger partial charge in [0.15, 0.2) is 0 Å². The molecule has 0 spiro atoms. The Kier molecular flexibility index (Phi) is 7.82. The lowest BCUT2D eigenvalue weighted by molar-refractivity contribution is -0.117. The van der Waals surface area contributed by atoms with Crippen molar-refractivity contribution in [1.82, 2.24) is 4.90 Å². The number of rotatable bonds is 7. The smallest absolute Gasteiger partial charge is 0.238 e. The van der Waals surface area contributed by atoms with Crippen LogP contribution in [0.4, 0.5) is 5.69 Å². The summed E-state index contributed by atoms with van der Waals surface area (Å²) < 4.78 is 15.9. The number of anilines is 1. The first-order chi connectivity index (χ1) is 14.5. The Morgan fingerprint density at radius 3 is 2.43 bits per heavy atom. The summed E-state index contributed by atoms with van der Waals surface area (Å²) in [5.74, 6) is 1.74. The molecule has 30 heavy (non-hydrogen) atoms. The number of benzene rings is 2. The first-order valence-corrected chi connectivity index (χ1v) is 10.5. The number of halogens is 1. The molecule has 7 heteroatoms. The maximum absolute atomic E-state index is 12.9. The Hall–Kier alpha value is -2.44. The molecule has 1 N–H and O–H groups in total. The van der Waals surface area contributed by atoms with E-state index in [-0.39, 0.29) is 11.9 Å². The van der Waals surface area contributed by atoms with Gasteiger partial charge < -0.3 is 19.5 Å². The Bertz CT molecular complexity index is 857. The van der Waals surface area contributed by atoms with E-state index in [1.54, 1.807) is 26.4 Å². The number of hydrogen-bond donors (Lipinski definition) is 1. The summed E-state index contributed by atoms with van der Waals surface area (Å²) in [7, 11) is 4.75. The Balaban J connectivity index is 1.75. The van der Waals surface area contributed by atoms with Crippen molar-refractivity contribution in [2.24, 2.45) is 0 Å². The molecule has 1 aliphatic rings. The number of methoxy groups -OCH3 is 3. The largest absolute Gasteiger partial charge is 0.497 e. The Morgan fingerprint density at radius 1 is 1.03 bits per heavy atom.